The number of amides is 2. The van der Waals surface area contributed by atoms with Gasteiger partial charge in [0.25, 0.3) is 11.8 Å². The lowest BCUT2D eigenvalue weighted by Gasteiger charge is -2.10. The standard InChI is InChI=1S/C56H52N6O10/c1-33-49(45-17-5-9-25-61(45)51(33)53(65)37-19-21-43(57)41(29-37)55(67)68)35-13-11-15-39(27-35)71-31-47(63)59-23-7-3-4-8-24-60-48(64)32-72-40-16-12-14-36(28-40)50-34(2)52(62-26-10-6-18-46(50)62)54(66)38-20-22-44(58)42(30-38)56(69)70/h5-6,9-22,25-30H,3-4,7-8,23-24,31-32,57-58H2,1-2H3,(H,59,63)(H,60,64)(H,67,68)(H,69,70). The zero-order valence-corrected chi connectivity index (χ0v) is 39.6. The summed E-state index contributed by atoms with van der Waals surface area (Å²) >= 11 is 0. The van der Waals surface area contributed by atoms with Crippen molar-refractivity contribution in [3.8, 4) is 33.8 Å². The predicted molar refractivity (Wildman–Crippen MR) is 273 cm³/mol. The summed E-state index contributed by atoms with van der Waals surface area (Å²) in [7, 11) is 0. The van der Waals surface area contributed by atoms with Crippen molar-refractivity contribution in [2.75, 3.05) is 37.8 Å². The Morgan fingerprint density at radius 3 is 1.33 bits per heavy atom. The van der Waals surface area contributed by atoms with E-state index in [1.54, 1.807) is 33.3 Å². The van der Waals surface area contributed by atoms with E-state index in [0.717, 1.165) is 59.0 Å². The first-order chi connectivity index (χ1) is 34.7. The van der Waals surface area contributed by atoms with Crippen molar-refractivity contribution >= 4 is 57.7 Å². The molecule has 8 rings (SSSR count). The fourth-order valence-corrected chi connectivity index (χ4v) is 8.93. The van der Waals surface area contributed by atoms with Gasteiger partial charge in [-0.1, -0.05) is 49.2 Å². The van der Waals surface area contributed by atoms with E-state index in [4.69, 9.17) is 20.9 Å². The molecule has 0 atom stereocenters. The van der Waals surface area contributed by atoms with Crippen LogP contribution >= 0.6 is 0 Å². The highest BCUT2D eigenvalue weighted by molar-refractivity contribution is 6.14. The summed E-state index contributed by atoms with van der Waals surface area (Å²) in [4.78, 5) is 76.7. The Morgan fingerprint density at radius 1 is 0.514 bits per heavy atom. The van der Waals surface area contributed by atoms with Crippen molar-refractivity contribution in [3.05, 3.63) is 178 Å². The van der Waals surface area contributed by atoms with Gasteiger partial charge in [0.1, 0.15) is 11.5 Å². The molecule has 72 heavy (non-hydrogen) atoms. The van der Waals surface area contributed by atoms with Gasteiger partial charge < -0.3 is 50.6 Å². The van der Waals surface area contributed by atoms with Gasteiger partial charge in [0.15, 0.2) is 13.2 Å². The topological polar surface area (TPSA) is 246 Å². The fourth-order valence-electron chi connectivity index (χ4n) is 8.93. The van der Waals surface area contributed by atoms with Crippen LogP contribution in [0.1, 0.15) is 89.6 Å². The van der Waals surface area contributed by atoms with Crippen LogP contribution in [0, 0.1) is 13.8 Å². The van der Waals surface area contributed by atoms with Gasteiger partial charge in [-0.05, 0) is 134 Å². The number of carboxylic acids is 2. The summed E-state index contributed by atoms with van der Waals surface area (Å²) in [6.45, 7) is 4.21. The summed E-state index contributed by atoms with van der Waals surface area (Å²) in [5.41, 5.74) is 18.7. The lowest BCUT2D eigenvalue weighted by molar-refractivity contribution is -0.123. The summed E-state index contributed by atoms with van der Waals surface area (Å²) in [5, 5.41) is 25.0. The highest BCUT2D eigenvalue weighted by Crippen LogP contribution is 2.37. The van der Waals surface area contributed by atoms with Crippen LogP contribution < -0.4 is 31.6 Å². The van der Waals surface area contributed by atoms with E-state index >= 15 is 0 Å². The summed E-state index contributed by atoms with van der Waals surface area (Å²) < 4.78 is 15.3. The smallest absolute Gasteiger partial charge is 0.337 e. The molecule has 0 aliphatic rings. The number of ketones is 2. The molecule has 8 aromatic rings. The number of pyridine rings is 2. The number of carbonyl (C=O) groups is 6. The van der Waals surface area contributed by atoms with E-state index in [0.29, 0.717) is 47.1 Å². The van der Waals surface area contributed by atoms with Crippen molar-refractivity contribution < 1.29 is 48.5 Å². The number of benzene rings is 4. The highest BCUT2D eigenvalue weighted by atomic mass is 16.5. The Balaban J connectivity index is 0.772. The third kappa shape index (κ3) is 10.5. The lowest BCUT2D eigenvalue weighted by atomic mass is 9.98. The number of carbonyl (C=O) groups excluding carboxylic acids is 4. The van der Waals surface area contributed by atoms with Crippen LogP contribution in [-0.2, 0) is 9.59 Å². The van der Waals surface area contributed by atoms with Gasteiger partial charge in [-0.15, -0.1) is 0 Å². The SMILES string of the molecule is Cc1c(-c2cccc(OCC(=O)NCCCCCCNC(=O)COc3cccc(-c4c(C)c(C(=O)c5ccc(N)c(C(=O)O)c5)n5ccccc45)c3)c2)c2ccccn2c1C(=O)c1ccc(N)c(C(=O)O)c1. The number of nitrogen functional groups attached to an aromatic ring is 2. The van der Waals surface area contributed by atoms with Crippen LogP contribution in [0.2, 0.25) is 0 Å². The maximum absolute atomic E-state index is 13.9. The van der Waals surface area contributed by atoms with Crippen molar-refractivity contribution in [3.63, 3.8) is 0 Å². The maximum Gasteiger partial charge on any atom is 0.337 e. The second-order valence-electron chi connectivity index (χ2n) is 17.2. The Morgan fingerprint density at radius 2 is 0.931 bits per heavy atom. The van der Waals surface area contributed by atoms with Gasteiger partial charge in [-0.3, -0.25) is 19.2 Å². The number of aromatic carboxylic acids is 2. The third-order valence-electron chi connectivity index (χ3n) is 12.4. The molecule has 16 nitrogen and oxygen atoms in total. The van der Waals surface area contributed by atoms with Crippen LogP contribution in [0.15, 0.2) is 134 Å². The average molecular weight is 969 g/mol. The first-order valence-corrected chi connectivity index (χ1v) is 23.3. The second-order valence-corrected chi connectivity index (χ2v) is 17.2. The molecule has 4 aromatic heterocycles. The number of hydrogen-bond acceptors (Lipinski definition) is 10. The summed E-state index contributed by atoms with van der Waals surface area (Å²) in [6, 6.07) is 34.1. The normalized spacial score (nSPS) is 11.1. The van der Waals surface area contributed by atoms with Gasteiger partial charge in [-0.25, -0.2) is 9.59 Å². The predicted octanol–water partition coefficient (Wildman–Crippen LogP) is 8.42. The summed E-state index contributed by atoms with van der Waals surface area (Å²) in [6.07, 6.45) is 6.71. The molecule has 0 unspecified atom stereocenters. The number of aromatic nitrogens is 2. The monoisotopic (exact) mass is 968 g/mol. The quantitative estimate of drug-likeness (QED) is 0.0226. The Kier molecular flexibility index (Phi) is 14.8. The summed E-state index contributed by atoms with van der Waals surface area (Å²) in [5.74, 6) is -2.77. The number of nitrogens with one attached hydrogen (secondary N) is 2. The number of nitrogens with zero attached hydrogens (tertiary/aromatic N) is 2. The first-order valence-electron chi connectivity index (χ1n) is 23.3. The molecule has 8 N–H and O–H groups in total. The molecular weight excluding hydrogens is 917 g/mol. The van der Waals surface area contributed by atoms with E-state index < -0.39 is 11.9 Å². The molecule has 0 aliphatic carbocycles. The molecule has 0 fully saturated rings. The third-order valence-corrected chi connectivity index (χ3v) is 12.4. The van der Waals surface area contributed by atoms with Crippen LogP contribution in [0.25, 0.3) is 33.3 Å². The van der Waals surface area contributed by atoms with E-state index in [1.165, 1.54) is 36.4 Å². The number of ether oxygens (including phenoxy) is 2. The molecule has 0 bridgehead atoms. The minimum absolute atomic E-state index is 0.0651. The maximum atomic E-state index is 13.9. The molecule has 0 spiro atoms. The molecule has 0 radical (unpaired) electrons. The van der Waals surface area contributed by atoms with Gasteiger partial charge in [0.05, 0.1) is 33.5 Å². The zero-order valence-electron chi connectivity index (χ0n) is 39.6. The molecule has 0 saturated carbocycles. The Labute approximate surface area is 413 Å². The number of carboxylic acid groups (broad SMARTS) is 2. The Hall–Kier alpha value is -9.18. The number of hydrogen-bond donors (Lipinski definition) is 6. The molecule has 0 aliphatic heterocycles. The van der Waals surface area contributed by atoms with Crippen molar-refractivity contribution in [1.82, 2.24) is 19.4 Å². The second kappa shape index (κ2) is 21.6. The highest BCUT2D eigenvalue weighted by Gasteiger charge is 2.26. The zero-order chi connectivity index (χ0) is 51.1. The number of unbranched alkanes of at least 4 members (excludes halogenated alkanes) is 3. The minimum Gasteiger partial charge on any atom is -0.484 e. The average Bonchev–Trinajstić information content (AvgIpc) is 3.84. The van der Waals surface area contributed by atoms with Crippen molar-refractivity contribution in [1.29, 1.82) is 0 Å². The molecule has 0 saturated heterocycles. The van der Waals surface area contributed by atoms with Gasteiger partial charge in [-0.2, -0.15) is 0 Å². The van der Waals surface area contributed by atoms with Gasteiger partial charge >= 0.3 is 11.9 Å². The molecule has 2 amide bonds. The number of rotatable bonds is 21. The van der Waals surface area contributed by atoms with Crippen LogP contribution in [0.4, 0.5) is 11.4 Å². The van der Waals surface area contributed by atoms with Gasteiger partial charge in [0, 0.05) is 59.1 Å². The van der Waals surface area contributed by atoms with Gasteiger partial charge in [0.2, 0.25) is 11.6 Å². The van der Waals surface area contributed by atoms with Crippen molar-refractivity contribution in [2.24, 2.45) is 0 Å². The number of fused-ring (bicyclic) bond motifs is 2. The van der Waals surface area contributed by atoms with E-state index in [1.807, 2.05) is 86.6 Å². The van der Waals surface area contributed by atoms with E-state index in [-0.39, 0.29) is 70.2 Å². The molecular formula is C56H52N6O10. The fraction of sp³-hybridized carbons (Fsp3) is 0.179. The lowest BCUT2D eigenvalue weighted by Crippen LogP contribution is -2.30. The number of anilines is 2. The van der Waals surface area contributed by atoms with Crippen LogP contribution in [0.3, 0.4) is 0 Å². The van der Waals surface area contributed by atoms with E-state index in [9.17, 15) is 39.0 Å². The number of nitrogens with two attached hydrogens (primary N) is 2. The first kappa shape index (κ1) is 49.2. The Bertz CT molecular complexity index is 3200. The largest absolute Gasteiger partial charge is 0.484 e. The van der Waals surface area contributed by atoms with E-state index in [2.05, 4.69) is 10.6 Å². The van der Waals surface area contributed by atoms with Crippen LogP contribution in [0.5, 0.6) is 11.5 Å². The van der Waals surface area contributed by atoms with Crippen LogP contribution in [-0.4, -0.2) is 80.6 Å². The molecule has 366 valence electrons. The van der Waals surface area contributed by atoms with Crippen molar-refractivity contribution in [2.45, 2.75) is 39.5 Å². The molecule has 4 aromatic carbocycles. The molecule has 4 heterocycles. The molecule has 16 heteroatoms. The minimum atomic E-state index is -1.22.